The maximum Gasteiger partial charge on any atom is 0.336 e. The van der Waals surface area contributed by atoms with E-state index in [0.717, 1.165) is 20.3 Å². The number of hydrogen-bond acceptors (Lipinski definition) is 6. The second-order valence-corrected chi connectivity index (χ2v) is 11.0. The van der Waals surface area contributed by atoms with Crippen LogP contribution in [0.25, 0.3) is 5.70 Å². The number of rotatable bonds is 7. The lowest BCUT2D eigenvalue weighted by molar-refractivity contribution is -0.136. The topological polar surface area (TPSA) is 73.9 Å². The number of carbonyl (C=O) groups excluding carboxylic acids is 2. The van der Waals surface area contributed by atoms with E-state index in [4.69, 9.17) is 37.4 Å². The first kappa shape index (κ1) is 27.6. The molecule has 3 aromatic rings. The van der Waals surface area contributed by atoms with Crippen molar-refractivity contribution in [2.24, 2.45) is 0 Å². The minimum absolute atomic E-state index is 0.125. The molecule has 0 aromatic heterocycles. The summed E-state index contributed by atoms with van der Waals surface area (Å²) in [6.07, 6.45) is 0. The van der Waals surface area contributed by atoms with E-state index >= 15 is 0 Å². The Morgan fingerprint density at radius 1 is 1.03 bits per heavy atom. The van der Waals surface area contributed by atoms with Gasteiger partial charge in [-0.3, -0.25) is 4.79 Å². The maximum atomic E-state index is 13.7. The Morgan fingerprint density at radius 2 is 1.77 bits per heavy atom. The number of allylic oxidation sites excluding steroid dienone is 2. The first-order valence-corrected chi connectivity index (χ1v) is 14.1. The highest BCUT2D eigenvalue weighted by Gasteiger charge is 2.43. The van der Waals surface area contributed by atoms with E-state index in [-0.39, 0.29) is 12.4 Å². The van der Waals surface area contributed by atoms with Crippen molar-refractivity contribution in [3.8, 4) is 11.5 Å². The highest BCUT2D eigenvalue weighted by atomic mass is 127. The maximum absolute atomic E-state index is 13.7. The normalized spacial score (nSPS) is 16.1. The van der Waals surface area contributed by atoms with Crippen molar-refractivity contribution in [1.82, 2.24) is 5.32 Å². The van der Waals surface area contributed by atoms with Gasteiger partial charge in [0.15, 0.2) is 17.3 Å². The van der Waals surface area contributed by atoms with Crippen molar-refractivity contribution in [2.75, 3.05) is 13.7 Å². The average Bonchev–Trinajstić information content (AvgIpc) is 3.20. The van der Waals surface area contributed by atoms with Gasteiger partial charge in [-0.15, -0.1) is 0 Å². The second kappa shape index (κ2) is 11.2. The first-order chi connectivity index (χ1) is 18.7. The number of halogens is 3. The quantitative estimate of drug-likeness (QED) is 0.209. The third kappa shape index (κ3) is 5.03. The van der Waals surface area contributed by atoms with Crippen LogP contribution >= 0.6 is 45.8 Å². The lowest BCUT2D eigenvalue weighted by atomic mass is 9.79. The Bertz CT molecular complexity index is 1580. The number of fused-ring (bicyclic) bond motifs is 2. The summed E-state index contributed by atoms with van der Waals surface area (Å²) in [7, 11) is 1.34. The van der Waals surface area contributed by atoms with Gasteiger partial charge < -0.3 is 19.5 Å². The van der Waals surface area contributed by atoms with Crippen LogP contribution < -0.4 is 14.8 Å². The van der Waals surface area contributed by atoms with Crippen LogP contribution in [0.3, 0.4) is 0 Å². The minimum Gasteiger partial charge on any atom is -0.490 e. The number of methoxy groups -OCH3 is 1. The van der Waals surface area contributed by atoms with Crippen LogP contribution in [0, 0.1) is 3.57 Å². The summed E-state index contributed by atoms with van der Waals surface area (Å²) in [5.41, 5.74) is 5.19. The molecular weight excluding hydrogens is 652 g/mol. The molecule has 2 aliphatic rings. The number of ketones is 1. The predicted molar refractivity (Wildman–Crippen MR) is 159 cm³/mol. The fraction of sp³-hybridized carbons (Fsp3) is 0.200. The van der Waals surface area contributed by atoms with Crippen molar-refractivity contribution in [3.63, 3.8) is 0 Å². The number of ether oxygens (including phenoxy) is 3. The van der Waals surface area contributed by atoms with Gasteiger partial charge in [0.25, 0.3) is 0 Å². The summed E-state index contributed by atoms with van der Waals surface area (Å²) in [6.45, 7) is 4.34. The molecule has 5 rings (SSSR count). The molecule has 1 heterocycles. The van der Waals surface area contributed by atoms with Crippen molar-refractivity contribution < 1.29 is 23.8 Å². The smallest absolute Gasteiger partial charge is 0.336 e. The van der Waals surface area contributed by atoms with Crippen LogP contribution in [0.2, 0.25) is 10.0 Å². The molecular formula is C30H24Cl2INO5. The van der Waals surface area contributed by atoms with Crippen LogP contribution in [0.4, 0.5) is 0 Å². The molecule has 3 aromatic carbocycles. The summed E-state index contributed by atoms with van der Waals surface area (Å²) in [6, 6.07) is 16.5. The summed E-state index contributed by atoms with van der Waals surface area (Å²) in [5.74, 6) is -0.236. The zero-order chi connectivity index (χ0) is 27.8. The zero-order valence-corrected chi connectivity index (χ0v) is 25.0. The number of nitrogens with one attached hydrogen (secondary N) is 1. The molecule has 200 valence electrons. The van der Waals surface area contributed by atoms with Gasteiger partial charge in [0.2, 0.25) is 0 Å². The summed E-state index contributed by atoms with van der Waals surface area (Å²) in [4.78, 5) is 26.8. The Labute approximate surface area is 250 Å². The molecule has 0 spiro atoms. The molecule has 6 nitrogen and oxygen atoms in total. The van der Waals surface area contributed by atoms with Crippen molar-refractivity contribution >= 4 is 63.2 Å². The molecule has 0 bridgehead atoms. The summed E-state index contributed by atoms with van der Waals surface area (Å²) < 4.78 is 18.1. The van der Waals surface area contributed by atoms with E-state index in [1.54, 1.807) is 18.2 Å². The Hall–Kier alpha value is -3.01. The third-order valence-electron chi connectivity index (χ3n) is 6.69. The average molecular weight is 676 g/mol. The molecule has 1 atom stereocenters. The van der Waals surface area contributed by atoms with Crippen LogP contribution in [0.1, 0.15) is 46.8 Å². The van der Waals surface area contributed by atoms with Gasteiger partial charge >= 0.3 is 5.97 Å². The lowest BCUT2D eigenvalue weighted by Crippen LogP contribution is -2.29. The molecule has 0 amide bonds. The first-order valence-electron chi connectivity index (χ1n) is 12.2. The van der Waals surface area contributed by atoms with Crippen molar-refractivity contribution in [1.29, 1.82) is 0 Å². The van der Waals surface area contributed by atoms with Gasteiger partial charge in [-0.05, 0) is 71.8 Å². The predicted octanol–water partition coefficient (Wildman–Crippen LogP) is 7.32. The van der Waals surface area contributed by atoms with Gasteiger partial charge in [0.05, 0.1) is 38.6 Å². The fourth-order valence-electron chi connectivity index (χ4n) is 4.99. The minimum atomic E-state index is -0.662. The van der Waals surface area contributed by atoms with Crippen LogP contribution in [0.15, 0.2) is 71.4 Å². The van der Waals surface area contributed by atoms with E-state index in [0.29, 0.717) is 56.3 Å². The summed E-state index contributed by atoms with van der Waals surface area (Å²) in [5, 5.41) is 4.22. The molecule has 0 fully saturated rings. The zero-order valence-electron chi connectivity index (χ0n) is 21.4. The van der Waals surface area contributed by atoms with Crippen LogP contribution in [-0.2, 0) is 16.1 Å². The largest absolute Gasteiger partial charge is 0.490 e. The Morgan fingerprint density at radius 3 is 2.46 bits per heavy atom. The van der Waals surface area contributed by atoms with E-state index in [2.05, 4.69) is 27.9 Å². The number of Topliss-reactive ketones (excluding diaryl/α,β-unsaturated/α-hetero) is 1. The van der Waals surface area contributed by atoms with Crippen molar-refractivity contribution in [2.45, 2.75) is 26.4 Å². The molecule has 1 aliphatic carbocycles. The number of benzene rings is 3. The van der Waals surface area contributed by atoms with Gasteiger partial charge in [-0.1, -0.05) is 53.5 Å². The molecule has 0 saturated heterocycles. The number of esters is 1. The molecule has 0 saturated carbocycles. The molecule has 0 unspecified atom stereocenters. The highest BCUT2D eigenvalue weighted by molar-refractivity contribution is 14.1. The molecule has 39 heavy (non-hydrogen) atoms. The monoisotopic (exact) mass is 675 g/mol. The molecule has 9 heteroatoms. The van der Waals surface area contributed by atoms with Gasteiger partial charge in [0, 0.05) is 28.3 Å². The highest BCUT2D eigenvalue weighted by Crippen LogP contribution is 2.48. The van der Waals surface area contributed by atoms with Crippen molar-refractivity contribution in [3.05, 3.63) is 107 Å². The lowest BCUT2D eigenvalue weighted by Gasteiger charge is -2.29. The Kier molecular flexibility index (Phi) is 7.94. The van der Waals surface area contributed by atoms with Crippen LogP contribution in [0.5, 0.6) is 11.5 Å². The number of carbonyl (C=O) groups is 2. The molecule has 1 N–H and O–H groups in total. The third-order valence-corrected chi connectivity index (χ3v) is 8.23. The van der Waals surface area contributed by atoms with E-state index < -0.39 is 11.9 Å². The second-order valence-electron chi connectivity index (χ2n) is 9.05. The SMILES string of the molecule is CCOc1cc([C@@H]2C(C(=O)OC)=C(C)NC3=C2C(=O)c2ccccc23)cc(I)c1OCc1ccc(Cl)c(Cl)c1. The summed E-state index contributed by atoms with van der Waals surface area (Å²) >= 11 is 14.4. The van der Waals surface area contributed by atoms with Gasteiger partial charge in [-0.2, -0.15) is 0 Å². The van der Waals surface area contributed by atoms with E-state index in [9.17, 15) is 9.59 Å². The number of hydrogen-bond donors (Lipinski definition) is 1. The van der Waals surface area contributed by atoms with Gasteiger partial charge in [-0.25, -0.2) is 4.79 Å². The number of dihydropyridines is 1. The fourth-order valence-corrected chi connectivity index (χ4v) is 6.09. The van der Waals surface area contributed by atoms with E-state index in [1.165, 1.54) is 7.11 Å². The molecule has 1 aliphatic heterocycles. The molecule has 0 radical (unpaired) electrons. The Balaban J connectivity index is 1.60. The van der Waals surface area contributed by atoms with E-state index in [1.807, 2.05) is 50.2 Å². The van der Waals surface area contributed by atoms with Crippen LogP contribution in [-0.4, -0.2) is 25.5 Å². The standard InChI is InChI=1S/C30H24Cl2INO5/c1-4-38-23-13-17(12-22(33)29(23)39-14-16-9-10-20(31)21(32)11-16)25-24(30(36)37-3)15(2)34-27-18-7-5-6-8-19(18)28(35)26(25)27/h5-13,25,34H,4,14H2,1-3H3/t25-/m1/s1. The van der Waals surface area contributed by atoms with Gasteiger partial charge in [0.1, 0.15) is 6.61 Å².